The van der Waals surface area contributed by atoms with Gasteiger partial charge in [-0.05, 0) is 44.1 Å². The van der Waals surface area contributed by atoms with Crippen LogP contribution in [0.2, 0.25) is 0 Å². The standard InChI is InChI=1S/C29H47NO6/c1-22(2)18-26(35-21-33-17-16-32-5)27-25(19-23-12-8-6-9-13-23)30(29(3,4)36-27)28(31)34-20-24-14-10-7-11-15-24/h7,10-11,14-15,22-23,25-27H,6,8-9,12-13,16-21H2,1-5H3/t25-,26-,27-/m0/s1. The summed E-state index contributed by atoms with van der Waals surface area (Å²) >= 11 is 0. The van der Waals surface area contributed by atoms with Crippen LogP contribution < -0.4 is 0 Å². The van der Waals surface area contributed by atoms with E-state index in [9.17, 15) is 4.79 Å². The van der Waals surface area contributed by atoms with Gasteiger partial charge < -0.3 is 23.7 Å². The minimum atomic E-state index is -0.798. The number of benzene rings is 1. The fourth-order valence-corrected chi connectivity index (χ4v) is 5.58. The highest BCUT2D eigenvalue weighted by Crippen LogP contribution is 2.41. The minimum absolute atomic E-state index is 0.117. The first-order valence-electron chi connectivity index (χ1n) is 13.7. The Labute approximate surface area is 217 Å². The minimum Gasteiger partial charge on any atom is -0.444 e. The van der Waals surface area contributed by atoms with Gasteiger partial charge in [-0.15, -0.1) is 0 Å². The molecule has 2 fully saturated rings. The van der Waals surface area contributed by atoms with Gasteiger partial charge in [0.1, 0.15) is 25.2 Å². The Morgan fingerprint density at radius 3 is 2.50 bits per heavy atom. The van der Waals surface area contributed by atoms with E-state index in [0.29, 0.717) is 25.0 Å². The van der Waals surface area contributed by atoms with Gasteiger partial charge in [0.25, 0.3) is 0 Å². The first-order valence-corrected chi connectivity index (χ1v) is 13.7. The van der Waals surface area contributed by atoms with E-state index < -0.39 is 5.72 Å². The highest BCUT2D eigenvalue weighted by atomic mass is 16.7. The molecule has 1 saturated heterocycles. The van der Waals surface area contributed by atoms with Gasteiger partial charge >= 0.3 is 6.09 Å². The molecular weight excluding hydrogens is 458 g/mol. The van der Waals surface area contributed by atoms with Crippen molar-refractivity contribution in [3.05, 3.63) is 35.9 Å². The lowest BCUT2D eigenvalue weighted by Gasteiger charge is -2.36. The number of rotatable bonds is 13. The topological polar surface area (TPSA) is 66.5 Å². The number of amides is 1. The summed E-state index contributed by atoms with van der Waals surface area (Å²) in [7, 11) is 1.65. The van der Waals surface area contributed by atoms with Gasteiger partial charge in [0.2, 0.25) is 0 Å². The average molecular weight is 506 g/mol. The first-order chi connectivity index (χ1) is 17.3. The summed E-state index contributed by atoms with van der Waals surface area (Å²) < 4.78 is 29.5. The molecule has 2 aliphatic rings. The van der Waals surface area contributed by atoms with E-state index in [0.717, 1.165) is 18.4 Å². The molecule has 1 aromatic rings. The van der Waals surface area contributed by atoms with E-state index in [-0.39, 0.29) is 37.7 Å². The van der Waals surface area contributed by atoms with E-state index in [1.807, 2.05) is 49.1 Å². The Morgan fingerprint density at radius 1 is 1.11 bits per heavy atom. The molecule has 0 bridgehead atoms. The highest BCUT2D eigenvalue weighted by molar-refractivity contribution is 5.69. The van der Waals surface area contributed by atoms with Gasteiger partial charge in [-0.2, -0.15) is 0 Å². The SMILES string of the molecule is COCCOCO[C@@H](CC(C)C)[C@H]1OC(C)(C)N(C(=O)OCc2ccccc2)[C@H]1CC1CCCCC1. The molecule has 3 atom stereocenters. The molecule has 7 heteroatoms. The number of carbonyl (C=O) groups is 1. The fraction of sp³-hybridized carbons (Fsp3) is 0.759. The van der Waals surface area contributed by atoms with Gasteiger partial charge in [-0.1, -0.05) is 76.3 Å². The summed E-state index contributed by atoms with van der Waals surface area (Å²) in [6.45, 7) is 9.72. The fourth-order valence-electron chi connectivity index (χ4n) is 5.58. The van der Waals surface area contributed by atoms with Crippen molar-refractivity contribution in [1.82, 2.24) is 4.90 Å². The van der Waals surface area contributed by atoms with Crippen LogP contribution in [0.25, 0.3) is 0 Å². The van der Waals surface area contributed by atoms with Crippen LogP contribution >= 0.6 is 0 Å². The average Bonchev–Trinajstić information content (AvgIpc) is 3.12. The Balaban J connectivity index is 1.78. The molecule has 0 aromatic heterocycles. The number of carbonyl (C=O) groups excluding carboxylic acids is 1. The molecule has 3 rings (SSSR count). The second-order valence-electron chi connectivity index (χ2n) is 11.1. The number of ether oxygens (including phenoxy) is 5. The summed E-state index contributed by atoms with van der Waals surface area (Å²) in [6, 6.07) is 9.69. The second-order valence-corrected chi connectivity index (χ2v) is 11.1. The van der Waals surface area contributed by atoms with Crippen molar-refractivity contribution in [1.29, 1.82) is 0 Å². The van der Waals surface area contributed by atoms with Gasteiger partial charge in [-0.25, -0.2) is 4.79 Å². The van der Waals surface area contributed by atoms with Crippen LogP contribution in [0.3, 0.4) is 0 Å². The summed E-state index contributed by atoms with van der Waals surface area (Å²) in [5, 5.41) is 0. The van der Waals surface area contributed by atoms with Crippen molar-refractivity contribution in [2.75, 3.05) is 27.1 Å². The lowest BCUT2D eigenvalue weighted by Crippen LogP contribution is -2.50. The van der Waals surface area contributed by atoms with Crippen molar-refractivity contribution < 1.29 is 28.5 Å². The van der Waals surface area contributed by atoms with E-state index in [2.05, 4.69) is 13.8 Å². The Kier molecular flexibility index (Phi) is 11.5. The maximum atomic E-state index is 13.6. The predicted octanol–water partition coefficient (Wildman–Crippen LogP) is 6.15. The summed E-state index contributed by atoms with van der Waals surface area (Å²) in [6.07, 6.45) is 7.17. The maximum Gasteiger partial charge on any atom is 0.412 e. The quantitative estimate of drug-likeness (QED) is 0.237. The van der Waals surface area contributed by atoms with Crippen molar-refractivity contribution in [2.45, 2.75) is 103 Å². The van der Waals surface area contributed by atoms with E-state index >= 15 is 0 Å². The van der Waals surface area contributed by atoms with Crippen LogP contribution in [0.5, 0.6) is 0 Å². The van der Waals surface area contributed by atoms with Crippen LogP contribution in [0.1, 0.15) is 78.2 Å². The van der Waals surface area contributed by atoms with E-state index in [4.69, 9.17) is 23.7 Å². The molecule has 204 valence electrons. The van der Waals surface area contributed by atoms with Gasteiger partial charge in [0, 0.05) is 7.11 Å². The smallest absolute Gasteiger partial charge is 0.412 e. The molecule has 1 aromatic carbocycles. The van der Waals surface area contributed by atoms with Crippen molar-refractivity contribution in [2.24, 2.45) is 11.8 Å². The maximum absolute atomic E-state index is 13.6. The third kappa shape index (κ3) is 8.44. The second kappa shape index (κ2) is 14.3. The highest BCUT2D eigenvalue weighted by Gasteiger charge is 2.53. The van der Waals surface area contributed by atoms with Crippen molar-refractivity contribution in [3.63, 3.8) is 0 Å². The van der Waals surface area contributed by atoms with Gasteiger partial charge in [-0.3, -0.25) is 4.90 Å². The summed E-state index contributed by atoms with van der Waals surface area (Å²) in [4.78, 5) is 15.4. The van der Waals surface area contributed by atoms with Crippen LogP contribution in [0.4, 0.5) is 4.79 Å². The molecule has 1 amide bonds. The first kappa shape index (κ1) is 28.9. The van der Waals surface area contributed by atoms with Crippen molar-refractivity contribution >= 4 is 6.09 Å². The normalized spacial score (nSPS) is 23.2. The third-order valence-electron chi connectivity index (χ3n) is 7.28. The van der Waals surface area contributed by atoms with Crippen molar-refractivity contribution in [3.8, 4) is 0 Å². The Hall–Kier alpha value is -1.67. The molecule has 1 aliphatic heterocycles. The predicted molar refractivity (Wildman–Crippen MR) is 139 cm³/mol. The molecule has 0 unspecified atom stereocenters. The largest absolute Gasteiger partial charge is 0.444 e. The molecule has 0 spiro atoms. The summed E-state index contributed by atoms with van der Waals surface area (Å²) in [5.74, 6) is 0.987. The molecule has 1 saturated carbocycles. The molecule has 1 heterocycles. The number of nitrogens with zero attached hydrogens (tertiary/aromatic N) is 1. The Morgan fingerprint density at radius 2 is 1.83 bits per heavy atom. The van der Waals surface area contributed by atoms with Gasteiger partial charge in [0.05, 0.1) is 25.4 Å². The van der Waals surface area contributed by atoms with E-state index in [1.54, 1.807) is 7.11 Å². The number of hydrogen-bond acceptors (Lipinski definition) is 6. The molecule has 0 N–H and O–H groups in total. The molecule has 1 aliphatic carbocycles. The zero-order valence-electron chi connectivity index (χ0n) is 22.9. The molecule has 0 radical (unpaired) electrons. The molecule has 7 nitrogen and oxygen atoms in total. The summed E-state index contributed by atoms with van der Waals surface area (Å²) in [5.41, 5.74) is 0.172. The zero-order chi connectivity index (χ0) is 26.0. The number of hydrogen-bond donors (Lipinski definition) is 0. The van der Waals surface area contributed by atoms with Crippen LogP contribution in [0, 0.1) is 11.8 Å². The monoisotopic (exact) mass is 505 g/mol. The van der Waals surface area contributed by atoms with Crippen LogP contribution in [-0.2, 0) is 30.3 Å². The number of methoxy groups -OCH3 is 1. The van der Waals surface area contributed by atoms with Gasteiger partial charge in [0.15, 0.2) is 0 Å². The third-order valence-corrected chi connectivity index (χ3v) is 7.28. The lowest BCUT2D eigenvalue weighted by atomic mass is 9.82. The molecule has 36 heavy (non-hydrogen) atoms. The molecular formula is C29H47NO6. The zero-order valence-corrected chi connectivity index (χ0v) is 22.9. The van der Waals surface area contributed by atoms with Crippen LogP contribution in [0.15, 0.2) is 30.3 Å². The Bertz CT molecular complexity index is 764. The lowest BCUT2D eigenvalue weighted by molar-refractivity contribution is -0.159. The van der Waals surface area contributed by atoms with E-state index in [1.165, 1.54) is 32.1 Å². The van der Waals surface area contributed by atoms with Crippen LogP contribution in [-0.4, -0.2) is 62.1 Å².